The first-order valence-corrected chi connectivity index (χ1v) is 10.3. The van der Waals surface area contributed by atoms with Crippen molar-refractivity contribution in [2.75, 3.05) is 10.2 Å². The van der Waals surface area contributed by atoms with Gasteiger partial charge >= 0.3 is 0 Å². The smallest absolute Gasteiger partial charge is 0.266 e. The van der Waals surface area contributed by atoms with Gasteiger partial charge in [0.25, 0.3) is 5.91 Å². The molecule has 5 rings (SSSR count). The van der Waals surface area contributed by atoms with E-state index in [2.05, 4.69) is 15.9 Å². The molecule has 2 unspecified atom stereocenters. The van der Waals surface area contributed by atoms with E-state index in [1.54, 1.807) is 0 Å². The molecule has 0 saturated carbocycles. The maximum Gasteiger partial charge on any atom is 0.266 e. The molecule has 2 aromatic rings. The van der Waals surface area contributed by atoms with E-state index in [1.165, 1.54) is 47.4 Å². The summed E-state index contributed by atoms with van der Waals surface area (Å²) in [4.78, 5) is 35.7. The number of nitrogens with zero attached hydrogens (tertiary/aromatic N) is 1. The first-order chi connectivity index (χ1) is 12.8. The second-order valence-electron chi connectivity index (χ2n) is 6.17. The predicted octanol–water partition coefficient (Wildman–Crippen LogP) is 1.67. The Bertz CT molecular complexity index is 1030. The van der Waals surface area contributed by atoms with Crippen molar-refractivity contribution < 1.29 is 23.4 Å². The Labute approximate surface area is 156 Å². The number of hydrogen-bond donors (Lipinski definition) is 4. The number of fused-ring (bicyclic) bond motifs is 2. The second kappa shape index (κ2) is 5.40. The SMILES string of the molecule is O=C1Nc2ccc(F)cc2C12SC1=C(NN[P+]1([O-])O)N2c1ccc(F)cc1. The highest BCUT2D eigenvalue weighted by Gasteiger charge is 2.65. The number of carbonyl (C=O) groups excluding carboxylic acids is 1. The average molecular weight is 408 g/mol. The summed E-state index contributed by atoms with van der Waals surface area (Å²) in [5.41, 5.74) is 3.77. The molecule has 3 aliphatic rings. The Morgan fingerprint density at radius 2 is 1.85 bits per heavy atom. The van der Waals surface area contributed by atoms with Crippen LogP contribution in [-0.2, 0) is 9.67 Å². The summed E-state index contributed by atoms with van der Waals surface area (Å²) in [5.74, 6) is -1.31. The lowest BCUT2D eigenvalue weighted by molar-refractivity contribution is -0.187. The van der Waals surface area contributed by atoms with Gasteiger partial charge in [0.15, 0.2) is 5.82 Å². The van der Waals surface area contributed by atoms with Gasteiger partial charge < -0.3 is 10.2 Å². The highest BCUT2D eigenvalue weighted by molar-refractivity contribution is 8.12. The van der Waals surface area contributed by atoms with Crippen LogP contribution in [0.2, 0.25) is 0 Å². The molecule has 138 valence electrons. The Morgan fingerprint density at radius 1 is 1.15 bits per heavy atom. The maximum atomic E-state index is 14.0. The van der Waals surface area contributed by atoms with Crippen LogP contribution in [0.5, 0.6) is 0 Å². The van der Waals surface area contributed by atoms with Crippen LogP contribution < -0.4 is 25.7 Å². The molecule has 2 atom stereocenters. The molecule has 0 aliphatic carbocycles. The number of amides is 1. The molecule has 3 aliphatic heterocycles. The quantitative estimate of drug-likeness (QED) is 0.533. The number of benzene rings is 2. The molecule has 11 heteroatoms. The van der Waals surface area contributed by atoms with E-state index in [1.807, 2.05) is 0 Å². The molecule has 27 heavy (non-hydrogen) atoms. The minimum Gasteiger partial charge on any atom is -0.635 e. The third kappa shape index (κ3) is 2.19. The molecule has 0 saturated heterocycles. The lowest BCUT2D eigenvalue weighted by Crippen LogP contribution is -2.49. The van der Waals surface area contributed by atoms with Gasteiger partial charge in [-0.25, -0.2) is 13.7 Å². The molecule has 7 nitrogen and oxygen atoms in total. The highest BCUT2D eigenvalue weighted by Crippen LogP contribution is 2.70. The van der Waals surface area contributed by atoms with E-state index in [4.69, 9.17) is 0 Å². The van der Waals surface area contributed by atoms with Gasteiger partial charge in [0, 0.05) is 16.9 Å². The van der Waals surface area contributed by atoms with Crippen LogP contribution in [0.3, 0.4) is 0 Å². The summed E-state index contributed by atoms with van der Waals surface area (Å²) >= 11 is 0.860. The molecular formula is C16H11F2N4O3PS. The number of hydrazine groups is 1. The van der Waals surface area contributed by atoms with Crippen molar-refractivity contribution in [3.05, 3.63) is 70.1 Å². The number of carbonyl (C=O) groups is 1. The van der Waals surface area contributed by atoms with Crippen molar-refractivity contribution >= 4 is 36.9 Å². The predicted molar refractivity (Wildman–Crippen MR) is 95.6 cm³/mol. The molecule has 4 N–H and O–H groups in total. The third-order valence-electron chi connectivity index (χ3n) is 4.57. The molecule has 0 aromatic heterocycles. The summed E-state index contributed by atoms with van der Waals surface area (Å²) in [6.45, 7) is 0. The van der Waals surface area contributed by atoms with Crippen molar-refractivity contribution in [2.45, 2.75) is 4.87 Å². The monoisotopic (exact) mass is 408 g/mol. The maximum absolute atomic E-state index is 14.0. The van der Waals surface area contributed by atoms with Crippen molar-refractivity contribution in [2.24, 2.45) is 0 Å². The molecule has 1 spiro atoms. The number of anilines is 2. The second-order valence-corrected chi connectivity index (χ2v) is 9.50. The highest BCUT2D eigenvalue weighted by atomic mass is 32.2. The van der Waals surface area contributed by atoms with E-state index in [0.29, 0.717) is 16.9 Å². The Balaban J connectivity index is 1.77. The van der Waals surface area contributed by atoms with Crippen LogP contribution in [0.4, 0.5) is 20.2 Å². The van der Waals surface area contributed by atoms with Crippen LogP contribution in [-0.4, -0.2) is 10.8 Å². The molecular weight excluding hydrogens is 397 g/mol. The number of nitrogens with one attached hydrogen (secondary N) is 3. The first-order valence-electron chi connectivity index (χ1n) is 7.80. The number of thioether (sulfide) groups is 1. The van der Waals surface area contributed by atoms with E-state index >= 15 is 0 Å². The summed E-state index contributed by atoms with van der Waals surface area (Å²) in [5, 5.41) is 5.01. The van der Waals surface area contributed by atoms with Crippen LogP contribution >= 0.6 is 19.6 Å². The molecule has 1 amide bonds. The lowest BCUT2D eigenvalue weighted by Gasteiger charge is -2.36. The minimum absolute atomic E-state index is 0.0408. The van der Waals surface area contributed by atoms with Gasteiger partial charge in [-0.2, -0.15) is 0 Å². The van der Waals surface area contributed by atoms with Crippen molar-refractivity contribution in [3.8, 4) is 0 Å². The van der Waals surface area contributed by atoms with Gasteiger partial charge in [-0.1, -0.05) is 5.20 Å². The average Bonchev–Trinajstić information content (AvgIpc) is 3.21. The first kappa shape index (κ1) is 16.9. The number of hydrogen-bond acceptors (Lipinski definition) is 7. The van der Waals surface area contributed by atoms with Gasteiger partial charge in [-0.15, -0.1) is 0 Å². The molecule has 3 heterocycles. The van der Waals surface area contributed by atoms with Crippen LogP contribution in [0.25, 0.3) is 0 Å². The zero-order valence-corrected chi connectivity index (χ0v) is 15.1. The van der Waals surface area contributed by atoms with Crippen LogP contribution in [0.15, 0.2) is 52.9 Å². The summed E-state index contributed by atoms with van der Waals surface area (Å²) in [7, 11) is -3.95. The summed E-state index contributed by atoms with van der Waals surface area (Å²) in [6.07, 6.45) is 0. The van der Waals surface area contributed by atoms with Crippen LogP contribution in [0.1, 0.15) is 5.56 Å². The lowest BCUT2D eigenvalue weighted by atomic mass is 10.0. The fourth-order valence-corrected chi connectivity index (χ4v) is 6.50. The van der Waals surface area contributed by atoms with Gasteiger partial charge in [-0.05, 0) is 54.2 Å². The normalized spacial score (nSPS) is 28.4. The van der Waals surface area contributed by atoms with Gasteiger partial charge in [-0.3, -0.25) is 15.1 Å². The Kier molecular flexibility index (Phi) is 3.38. The van der Waals surface area contributed by atoms with E-state index in [0.717, 1.165) is 11.8 Å². The fraction of sp³-hybridized carbons (Fsp3) is 0.0625. The van der Waals surface area contributed by atoms with Gasteiger partial charge in [0.05, 0.1) is 0 Å². The molecule has 0 bridgehead atoms. The van der Waals surface area contributed by atoms with Crippen molar-refractivity contribution in [1.82, 2.24) is 10.6 Å². The zero-order chi connectivity index (χ0) is 19.0. The zero-order valence-electron chi connectivity index (χ0n) is 13.4. The Morgan fingerprint density at radius 3 is 2.59 bits per heavy atom. The third-order valence-corrected chi connectivity index (χ3v) is 8.04. The Hall–Kier alpha value is -2.23. The van der Waals surface area contributed by atoms with Crippen LogP contribution in [0, 0.1) is 11.6 Å². The van der Waals surface area contributed by atoms with Gasteiger partial charge in [0.2, 0.25) is 17.4 Å². The summed E-state index contributed by atoms with van der Waals surface area (Å²) < 4.78 is 27.5. The van der Waals surface area contributed by atoms with Crippen molar-refractivity contribution in [1.29, 1.82) is 0 Å². The minimum atomic E-state index is -3.95. The van der Waals surface area contributed by atoms with E-state index in [-0.39, 0.29) is 10.5 Å². The number of rotatable bonds is 1. The van der Waals surface area contributed by atoms with Gasteiger partial charge in [0.1, 0.15) is 11.6 Å². The number of halogens is 2. The largest absolute Gasteiger partial charge is 0.635 e. The van der Waals surface area contributed by atoms with E-state index < -0.39 is 30.3 Å². The molecule has 0 radical (unpaired) electrons. The molecule has 0 fully saturated rings. The standard InChI is InChI=1S/C16H11F2N4O3PS/c17-8-1-4-10(5-2-8)22-13-14(26(24,25)21-20-13)27-16(22)11-7-9(18)3-6-12(11)19-15(16)23/h1-7H,(H,19,23)(H3,20,21,24,25). The van der Waals surface area contributed by atoms with Crippen molar-refractivity contribution in [3.63, 3.8) is 0 Å². The summed E-state index contributed by atoms with van der Waals surface area (Å²) in [6, 6.07) is 9.20. The fourth-order valence-electron chi connectivity index (χ4n) is 3.44. The topological polar surface area (TPSA) is 99.7 Å². The molecule has 2 aromatic carbocycles. The van der Waals surface area contributed by atoms with E-state index in [9.17, 15) is 23.4 Å².